The van der Waals surface area contributed by atoms with Crippen molar-refractivity contribution in [1.29, 1.82) is 5.26 Å². The normalized spacial score (nSPS) is 11.8. The smallest absolute Gasteiger partial charge is 0.138 e. The molecule has 0 saturated heterocycles. The highest BCUT2D eigenvalue weighted by atomic mass is 16.5. The Hall–Kier alpha value is -3.45. The summed E-state index contributed by atoms with van der Waals surface area (Å²) in [6.07, 6.45) is 4.44. The van der Waals surface area contributed by atoms with Crippen LogP contribution in [0.5, 0.6) is 5.75 Å². The summed E-state index contributed by atoms with van der Waals surface area (Å²) in [7, 11) is 0. The van der Waals surface area contributed by atoms with Gasteiger partial charge in [0.2, 0.25) is 0 Å². The fourth-order valence-corrected chi connectivity index (χ4v) is 3.23. The monoisotopic (exact) mass is 435 g/mol. The fourth-order valence-electron chi connectivity index (χ4n) is 3.23. The van der Waals surface area contributed by atoms with E-state index < -0.39 is 6.23 Å². The van der Waals surface area contributed by atoms with E-state index in [-0.39, 0.29) is 0 Å². The molecule has 0 aromatic carbocycles. The van der Waals surface area contributed by atoms with Crippen molar-refractivity contribution in [3.63, 3.8) is 0 Å². The van der Waals surface area contributed by atoms with Gasteiger partial charge in [-0.1, -0.05) is 12.2 Å². The third-order valence-corrected chi connectivity index (χ3v) is 4.67. The topological polar surface area (TPSA) is 120 Å². The van der Waals surface area contributed by atoms with E-state index in [0.29, 0.717) is 44.1 Å². The Morgan fingerprint density at radius 1 is 1.34 bits per heavy atom. The van der Waals surface area contributed by atoms with Crippen LogP contribution in [-0.4, -0.2) is 58.7 Å². The number of nitrogens with one attached hydrogen (secondary N) is 3. The van der Waals surface area contributed by atoms with Gasteiger partial charge in [-0.15, -0.1) is 0 Å². The number of rotatable bonds is 12. The molecular weight excluding hydrogens is 406 g/mol. The Kier molecular flexibility index (Phi) is 8.16. The lowest BCUT2D eigenvalue weighted by Crippen LogP contribution is -2.40. The number of hydrogen-bond acceptors (Lipinski definition) is 8. The van der Waals surface area contributed by atoms with Gasteiger partial charge in [-0.3, -0.25) is 5.32 Å². The number of hydrogen-bond donors (Lipinski definition) is 4. The Balaban J connectivity index is 1.62. The van der Waals surface area contributed by atoms with Crippen molar-refractivity contribution < 1.29 is 9.84 Å². The second-order valence-electron chi connectivity index (χ2n) is 7.40. The molecule has 32 heavy (non-hydrogen) atoms. The van der Waals surface area contributed by atoms with Gasteiger partial charge in [-0.2, -0.15) is 10.4 Å². The third kappa shape index (κ3) is 6.04. The van der Waals surface area contributed by atoms with Gasteiger partial charge in [0, 0.05) is 43.5 Å². The minimum absolute atomic E-state index is 0.453. The number of aromatic nitrogens is 3. The van der Waals surface area contributed by atoms with Crippen molar-refractivity contribution in [3.8, 4) is 22.9 Å². The lowest BCUT2D eigenvalue weighted by Gasteiger charge is -2.14. The van der Waals surface area contributed by atoms with E-state index in [2.05, 4.69) is 38.7 Å². The number of nitrogens with zero attached hydrogens (tertiary/aromatic N) is 4. The van der Waals surface area contributed by atoms with Gasteiger partial charge in [0.1, 0.15) is 23.9 Å². The molecule has 0 aliphatic heterocycles. The molecule has 0 bridgehead atoms. The molecule has 3 heterocycles. The number of aliphatic hydroxyl groups excluding tert-OH is 1. The van der Waals surface area contributed by atoms with Crippen LogP contribution in [-0.2, 0) is 0 Å². The first-order valence-corrected chi connectivity index (χ1v) is 10.5. The highest BCUT2D eigenvalue weighted by molar-refractivity contribution is 5.85. The van der Waals surface area contributed by atoms with Crippen LogP contribution in [0.4, 0.5) is 5.82 Å². The van der Waals surface area contributed by atoms with E-state index in [0.717, 1.165) is 28.0 Å². The van der Waals surface area contributed by atoms with E-state index >= 15 is 0 Å². The predicted octanol–water partition coefficient (Wildman–Crippen LogP) is 2.15. The van der Waals surface area contributed by atoms with Gasteiger partial charge in [0.05, 0.1) is 30.1 Å². The average Bonchev–Trinajstić information content (AvgIpc) is 3.20. The number of anilines is 1. The quantitative estimate of drug-likeness (QED) is 0.194. The molecule has 4 N–H and O–H groups in total. The van der Waals surface area contributed by atoms with Gasteiger partial charge in [-0.05, 0) is 32.0 Å². The summed E-state index contributed by atoms with van der Waals surface area (Å²) < 4.78 is 7.31. The minimum Gasteiger partial charge on any atom is -0.492 e. The maximum absolute atomic E-state index is 9.91. The molecule has 9 nitrogen and oxygen atoms in total. The molecule has 0 amide bonds. The first-order chi connectivity index (χ1) is 15.5. The molecule has 0 spiro atoms. The van der Waals surface area contributed by atoms with Gasteiger partial charge < -0.3 is 20.5 Å². The third-order valence-electron chi connectivity index (χ3n) is 4.67. The molecule has 0 saturated carbocycles. The van der Waals surface area contributed by atoms with Crippen molar-refractivity contribution >= 4 is 11.3 Å². The fraction of sp³-hybridized carbons (Fsp3) is 0.348. The highest BCUT2D eigenvalue weighted by Crippen LogP contribution is 2.30. The SMILES string of the molecule is C=C(C)CNCC(O)NCCNc1ccc(-c2cc(OCC)cn3ncc(C#N)c23)cn1. The summed E-state index contributed by atoms with van der Waals surface area (Å²) in [6.45, 7) is 10.5. The second kappa shape index (κ2) is 11.2. The number of nitriles is 1. The molecule has 0 aliphatic rings. The molecule has 1 atom stereocenters. The van der Waals surface area contributed by atoms with Crippen molar-refractivity contribution in [2.24, 2.45) is 0 Å². The second-order valence-corrected chi connectivity index (χ2v) is 7.40. The maximum atomic E-state index is 9.91. The number of aliphatic hydroxyl groups is 1. The van der Waals surface area contributed by atoms with E-state index in [4.69, 9.17) is 4.74 Å². The Morgan fingerprint density at radius 2 is 2.19 bits per heavy atom. The molecule has 1 unspecified atom stereocenters. The summed E-state index contributed by atoms with van der Waals surface area (Å²) in [5.74, 6) is 1.39. The van der Waals surface area contributed by atoms with Crippen LogP contribution in [0, 0.1) is 11.3 Å². The molecule has 0 aliphatic carbocycles. The number of ether oxygens (including phenoxy) is 1. The van der Waals surface area contributed by atoms with E-state index in [1.807, 2.05) is 32.0 Å². The summed E-state index contributed by atoms with van der Waals surface area (Å²) in [4.78, 5) is 4.49. The van der Waals surface area contributed by atoms with Crippen LogP contribution >= 0.6 is 0 Å². The van der Waals surface area contributed by atoms with E-state index in [1.165, 1.54) is 0 Å². The summed E-state index contributed by atoms with van der Waals surface area (Å²) in [6, 6.07) is 7.92. The molecule has 0 radical (unpaired) electrons. The van der Waals surface area contributed by atoms with Crippen LogP contribution in [0.2, 0.25) is 0 Å². The van der Waals surface area contributed by atoms with Crippen LogP contribution in [0.15, 0.2) is 48.9 Å². The summed E-state index contributed by atoms with van der Waals surface area (Å²) >= 11 is 0. The van der Waals surface area contributed by atoms with Crippen molar-refractivity contribution in [2.75, 3.05) is 38.1 Å². The number of pyridine rings is 2. The van der Waals surface area contributed by atoms with Gasteiger partial charge in [-0.25, -0.2) is 9.50 Å². The van der Waals surface area contributed by atoms with Crippen molar-refractivity contribution in [3.05, 3.63) is 54.5 Å². The van der Waals surface area contributed by atoms with Crippen molar-refractivity contribution in [1.82, 2.24) is 25.2 Å². The van der Waals surface area contributed by atoms with Crippen LogP contribution < -0.4 is 20.7 Å². The summed E-state index contributed by atoms with van der Waals surface area (Å²) in [5.41, 5.74) is 3.92. The van der Waals surface area contributed by atoms with Gasteiger partial charge >= 0.3 is 0 Å². The Bertz CT molecular complexity index is 1090. The largest absolute Gasteiger partial charge is 0.492 e. The first-order valence-electron chi connectivity index (χ1n) is 10.5. The number of fused-ring (bicyclic) bond motifs is 1. The van der Waals surface area contributed by atoms with E-state index in [1.54, 1.807) is 23.1 Å². The van der Waals surface area contributed by atoms with Crippen LogP contribution in [0.25, 0.3) is 16.6 Å². The zero-order valence-corrected chi connectivity index (χ0v) is 18.4. The summed E-state index contributed by atoms with van der Waals surface area (Å²) in [5, 5.41) is 33.0. The maximum Gasteiger partial charge on any atom is 0.138 e. The zero-order chi connectivity index (χ0) is 22.9. The molecule has 168 valence electrons. The lowest BCUT2D eigenvalue weighted by molar-refractivity contribution is 0.138. The molecule has 3 rings (SSSR count). The van der Waals surface area contributed by atoms with Crippen molar-refractivity contribution in [2.45, 2.75) is 20.1 Å². The molecular formula is C23H29N7O2. The molecule has 3 aromatic rings. The van der Waals surface area contributed by atoms with Crippen LogP contribution in [0.3, 0.4) is 0 Å². The highest BCUT2D eigenvalue weighted by Gasteiger charge is 2.14. The first kappa shape index (κ1) is 23.2. The Labute approximate surface area is 187 Å². The standard InChI is InChI=1S/C23H29N7O2/c1-4-32-19-9-20(23-18(10-24)13-29-30(23)15-19)17-5-6-21(28-12-17)26-7-8-27-22(31)14-25-11-16(2)3/h5-6,9,12-13,15,22,25,27,31H,2,4,7-8,11,14H2,1,3H3,(H,26,28). The minimum atomic E-state index is -0.628. The van der Waals surface area contributed by atoms with Crippen LogP contribution in [0.1, 0.15) is 19.4 Å². The van der Waals surface area contributed by atoms with E-state index in [9.17, 15) is 10.4 Å². The van der Waals surface area contributed by atoms with Gasteiger partial charge in [0.25, 0.3) is 0 Å². The predicted molar refractivity (Wildman–Crippen MR) is 124 cm³/mol. The molecule has 3 aromatic heterocycles. The molecule has 9 heteroatoms. The van der Waals surface area contributed by atoms with Gasteiger partial charge in [0.15, 0.2) is 0 Å². The average molecular weight is 436 g/mol. The molecule has 0 fully saturated rings. The zero-order valence-electron chi connectivity index (χ0n) is 18.4. The Morgan fingerprint density at radius 3 is 2.88 bits per heavy atom. The lowest BCUT2D eigenvalue weighted by atomic mass is 10.1.